The second-order valence-corrected chi connectivity index (χ2v) is 7.53. The molecule has 0 saturated carbocycles. The van der Waals surface area contributed by atoms with Crippen LogP contribution in [0.2, 0.25) is 0 Å². The van der Waals surface area contributed by atoms with E-state index in [0.29, 0.717) is 5.56 Å². The maximum absolute atomic E-state index is 14.8. The largest absolute Gasteiger partial charge is 0.573 e. The zero-order valence-electron chi connectivity index (χ0n) is 17.5. The molecule has 0 aliphatic carbocycles. The Bertz CT molecular complexity index is 1040. The Kier molecular flexibility index (Phi) is 7.62. The fraction of sp³-hybridized carbons (Fsp3) is 0.350. The number of nitrogens with zero attached hydrogens (tertiary/aromatic N) is 2. The van der Waals surface area contributed by atoms with E-state index in [2.05, 4.69) is 9.72 Å². The van der Waals surface area contributed by atoms with Crippen molar-refractivity contribution >= 4 is 24.4 Å². The van der Waals surface area contributed by atoms with Gasteiger partial charge in [-0.3, -0.25) is 9.59 Å². The van der Waals surface area contributed by atoms with Gasteiger partial charge in [0, 0.05) is 24.6 Å². The van der Waals surface area contributed by atoms with E-state index in [-0.39, 0.29) is 42.8 Å². The zero-order chi connectivity index (χ0) is 25.0. The Balaban J connectivity index is 1.59. The highest BCUT2D eigenvalue weighted by Crippen LogP contribution is 2.25. The predicted octanol–water partition coefficient (Wildman–Crippen LogP) is 0.319. The standard InChI is InChI=1S/C20H20BF4N3O6/c22-15-10-28(17(29)7-11-1-3-13(4-2-11)34-20(23,24)25)6-5-16(15)33-19-14(18(26)30)8-12(9-27-19)21(31)32/h1-4,8-9,15-16,31-32H,5-7,10H2,(H2,26,30)/t15-,16-/m1/s1. The van der Waals surface area contributed by atoms with Crippen molar-refractivity contribution in [3.05, 3.63) is 47.7 Å². The van der Waals surface area contributed by atoms with E-state index in [9.17, 15) is 37.2 Å². The normalized spacial score (nSPS) is 18.4. The number of rotatable bonds is 7. The van der Waals surface area contributed by atoms with E-state index in [4.69, 9.17) is 10.5 Å². The molecule has 4 N–H and O–H groups in total. The summed E-state index contributed by atoms with van der Waals surface area (Å²) >= 11 is 0. The SMILES string of the molecule is NC(=O)c1cc(B(O)O)cnc1O[C@@H]1CCN(C(=O)Cc2ccc(OC(F)(F)F)cc2)C[C@H]1F. The van der Waals surface area contributed by atoms with Crippen molar-refractivity contribution in [3.63, 3.8) is 0 Å². The molecule has 1 fully saturated rings. The highest BCUT2D eigenvalue weighted by Gasteiger charge is 2.34. The molecule has 1 aliphatic heterocycles. The first-order valence-corrected chi connectivity index (χ1v) is 10.0. The molecule has 0 unspecified atom stereocenters. The molecule has 182 valence electrons. The van der Waals surface area contributed by atoms with Crippen molar-refractivity contribution in [2.75, 3.05) is 13.1 Å². The van der Waals surface area contributed by atoms with Crippen LogP contribution in [0, 0.1) is 0 Å². The third-order valence-electron chi connectivity index (χ3n) is 5.05. The molecule has 2 aromatic rings. The van der Waals surface area contributed by atoms with Crippen LogP contribution in [0.3, 0.4) is 0 Å². The Hall–Kier alpha value is -3.39. The van der Waals surface area contributed by atoms with Gasteiger partial charge in [0.2, 0.25) is 11.8 Å². The quantitative estimate of drug-likeness (QED) is 0.380. The lowest BCUT2D eigenvalue weighted by Gasteiger charge is -2.34. The van der Waals surface area contributed by atoms with E-state index >= 15 is 0 Å². The number of amides is 2. The van der Waals surface area contributed by atoms with Gasteiger partial charge < -0.3 is 30.2 Å². The number of ether oxygens (including phenoxy) is 2. The number of likely N-dealkylation sites (tertiary alicyclic amines) is 1. The number of aromatic nitrogens is 1. The minimum atomic E-state index is -4.82. The van der Waals surface area contributed by atoms with E-state index in [1.165, 1.54) is 17.0 Å². The van der Waals surface area contributed by atoms with E-state index in [1.807, 2.05) is 0 Å². The Morgan fingerprint density at radius 3 is 2.47 bits per heavy atom. The van der Waals surface area contributed by atoms with Gasteiger partial charge in [-0.1, -0.05) is 12.1 Å². The number of carbonyl (C=O) groups excluding carboxylic acids is 2. The molecule has 0 spiro atoms. The average Bonchev–Trinajstić information content (AvgIpc) is 2.75. The van der Waals surface area contributed by atoms with Gasteiger partial charge in [-0.2, -0.15) is 0 Å². The monoisotopic (exact) mass is 485 g/mol. The fourth-order valence-electron chi connectivity index (χ4n) is 3.36. The van der Waals surface area contributed by atoms with Crippen molar-refractivity contribution in [1.29, 1.82) is 0 Å². The Morgan fingerprint density at radius 2 is 1.91 bits per heavy atom. The topological polar surface area (TPSA) is 135 Å². The molecule has 2 atom stereocenters. The summed E-state index contributed by atoms with van der Waals surface area (Å²) in [6, 6.07) is 5.86. The number of pyridine rings is 1. The van der Waals surface area contributed by atoms with Crippen molar-refractivity contribution < 1.29 is 46.7 Å². The Morgan fingerprint density at radius 1 is 1.24 bits per heavy atom. The lowest BCUT2D eigenvalue weighted by molar-refractivity contribution is -0.274. The van der Waals surface area contributed by atoms with Gasteiger partial charge in [-0.25, -0.2) is 9.37 Å². The fourth-order valence-corrected chi connectivity index (χ4v) is 3.36. The highest BCUT2D eigenvalue weighted by atomic mass is 19.4. The molecular formula is C20H20BF4N3O6. The second-order valence-electron chi connectivity index (χ2n) is 7.53. The second kappa shape index (κ2) is 10.3. The highest BCUT2D eigenvalue weighted by molar-refractivity contribution is 6.58. The minimum absolute atomic E-state index is 0.0650. The molecular weight excluding hydrogens is 465 g/mol. The number of alkyl halides is 4. The predicted molar refractivity (Wildman–Crippen MR) is 110 cm³/mol. The van der Waals surface area contributed by atoms with Gasteiger partial charge in [0.1, 0.15) is 17.4 Å². The number of piperidine rings is 1. The summed E-state index contributed by atoms with van der Waals surface area (Å²) < 4.78 is 60.8. The molecule has 3 rings (SSSR count). The maximum Gasteiger partial charge on any atom is 0.573 e. The lowest BCUT2D eigenvalue weighted by atomic mass is 9.81. The third kappa shape index (κ3) is 6.57. The first kappa shape index (κ1) is 25.2. The van der Waals surface area contributed by atoms with E-state index in [0.717, 1.165) is 24.4 Å². The van der Waals surface area contributed by atoms with Crippen molar-refractivity contribution in [2.45, 2.75) is 31.5 Å². The van der Waals surface area contributed by atoms with Crippen molar-refractivity contribution in [3.8, 4) is 11.6 Å². The molecule has 0 radical (unpaired) electrons. The summed E-state index contributed by atoms with van der Waals surface area (Å²) in [5.74, 6) is -2.08. The first-order valence-electron chi connectivity index (χ1n) is 10.0. The van der Waals surface area contributed by atoms with Gasteiger partial charge >= 0.3 is 13.5 Å². The summed E-state index contributed by atoms with van der Waals surface area (Å²) in [5.41, 5.74) is 5.34. The van der Waals surface area contributed by atoms with Gasteiger partial charge in [-0.05, 0) is 23.8 Å². The third-order valence-corrected chi connectivity index (χ3v) is 5.05. The molecule has 0 bridgehead atoms. The summed E-state index contributed by atoms with van der Waals surface area (Å²) in [4.78, 5) is 29.3. The van der Waals surface area contributed by atoms with Gasteiger partial charge in [0.15, 0.2) is 6.17 Å². The van der Waals surface area contributed by atoms with Crippen LogP contribution in [0.5, 0.6) is 11.6 Å². The van der Waals surface area contributed by atoms with Crippen LogP contribution in [0.1, 0.15) is 22.3 Å². The molecule has 9 nitrogen and oxygen atoms in total. The number of hydrogen-bond acceptors (Lipinski definition) is 7. The number of primary amides is 1. The lowest BCUT2D eigenvalue weighted by Crippen LogP contribution is -2.49. The average molecular weight is 485 g/mol. The number of halogens is 4. The molecule has 2 amide bonds. The van der Waals surface area contributed by atoms with Crippen LogP contribution >= 0.6 is 0 Å². The molecule has 1 aliphatic rings. The molecule has 14 heteroatoms. The Labute approximate surface area is 191 Å². The molecule has 1 aromatic carbocycles. The molecule has 1 saturated heterocycles. The number of benzene rings is 1. The van der Waals surface area contributed by atoms with Crippen LogP contribution in [0.15, 0.2) is 36.5 Å². The zero-order valence-corrected chi connectivity index (χ0v) is 17.5. The number of nitrogens with two attached hydrogens (primary N) is 1. The number of carbonyl (C=O) groups is 2. The van der Waals surface area contributed by atoms with Crippen LogP contribution in [-0.4, -0.2) is 70.6 Å². The summed E-state index contributed by atoms with van der Waals surface area (Å²) in [7, 11) is -1.89. The van der Waals surface area contributed by atoms with Gasteiger partial charge in [-0.15, -0.1) is 13.2 Å². The van der Waals surface area contributed by atoms with Gasteiger partial charge in [0.25, 0.3) is 5.91 Å². The summed E-state index contributed by atoms with van der Waals surface area (Å²) in [6.45, 7) is -0.184. The smallest absolute Gasteiger partial charge is 0.471 e. The van der Waals surface area contributed by atoms with Crippen molar-refractivity contribution in [1.82, 2.24) is 9.88 Å². The molecule has 2 heterocycles. The summed E-state index contributed by atoms with van der Waals surface area (Å²) in [5, 5.41) is 18.4. The van der Waals surface area contributed by atoms with Crippen LogP contribution < -0.4 is 20.7 Å². The molecule has 34 heavy (non-hydrogen) atoms. The van der Waals surface area contributed by atoms with Gasteiger partial charge in [0.05, 0.1) is 13.0 Å². The molecule has 1 aromatic heterocycles. The van der Waals surface area contributed by atoms with Crippen LogP contribution in [0.25, 0.3) is 0 Å². The van der Waals surface area contributed by atoms with Crippen molar-refractivity contribution in [2.24, 2.45) is 5.73 Å². The van der Waals surface area contributed by atoms with E-state index in [1.54, 1.807) is 0 Å². The van der Waals surface area contributed by atoms with Crippen LogP contribution in [0.4, 0.5) is 17.6 Å². The van der Waals surface area contributed by atoms with Crippen LogP contribution in [-0.2, 0) is 11.2 Å². The number of hydrogen-bond donors (Lipinski definition) is 3. The summed E-state index contributed by atoms with van der Waals surface area (Å²) in [6.07, 6.45) is -6.54. The van der Waals surface area contributed by atoms with E-state index < -0.39 is 43.3 Å². The maximum atomic E-state index is 14.8. The minimum Gasteiger partial charge on any atom is -0.471 e. The first-order chi connectivity index (χ1) is 15.9.